The lowest BCUT2D eigenvalue weighted by Crippen LogP contribution is -2.31. The Bertz CT molecular complexity index is 374. The number of rotatable bonds is 9. The van der Waals surface area contributed by atoms with Crippen LogP contribution in [0, 0.1) is 6.92 Å². The molecule has 6 heteroatoms. The molecule has 1 aromatic heterocycles. The molecule has 0 aliphatic rings. The second kappa shape index (κ2) is 8.79. The quantitative estimate of drug-likeness (QED) is 0.666. The zero-order chi connectivity index (χ0) is 14.1. The van der Waals surface area contributed by atoms with Crippen molar-refractivity contribution >= 4 is 5.95 Å². The van der Waals surface area contributed by atoms with Gasteiger partial charge in [-0.05, 0) is 13.3 Å². The third-order valence-corrected chi connectivity index (χ3v) is 2.91. The number of aromatic nitrogens is 2. The van der Waals surface area contributed by atoms with Gasteiger partial charge in [-0.1, -0.05) is 0 Å². The van der Waals surface area contributed by atoms with Gasteiger partial charge in [-0.25, -0.2) is 9.97 Å². The Kier molecular flexibility index (Phi) is 7.32. The summed E-state index contributed by atoms with van der Waals surface area (Å²) in [4.78, 5) is 11.0. The molecule has 2 N–H and O–H groups in total. The maximum atomic E-state index is 5.63. The summed E-state index contributed by atoms with van der Waals surface area (Å²) in [6.45, 7) is 5.41. The molecule has 0 bridgehead atoms. The highest BCUT2D eigenvalue weighted by atomic mass is 16.5. The summed E-state index contributed by atoms with van der Waals surface area (Å²) in [6, 6.07) is 0. The maximum absolute atomic E-state index is 5.63. The van der Waals surface area contributed by atoms with Gasteiger partial charge in [-0.15, -0.1) is 0 Å². The van der Waals surface area contributed by atoms with Crippen LogP contribution in [0.25, 0.3) is 0 Å². The molecular formula is C13H24N4O2. The summed E-state index contributed by atoms with van der Waals surface area (Å²) in [6.07, 6.45) is 2.73. The molecule has 1 heterocycles. The average molecular weight is 268 g/mol. The van der Waals surface area contributed by atoms with Crippen LogP contribution in [-0.2, 0) is 16.0 Å². The summed E-state index contributed by atoms with van der Waals surface area (Å²) < 4.78 is 10.2. The van der Waals surface area contributed by atoms with Gasteiger partial charge < -0.3 is 20.1 Å². The van der Waals surface area contributed by atoms with Gasteiger partial charge in [0.2, 0.25) is 5.95 Å². The van der Waals surface area contributed by atoms with E-state index in [-0.39, 0.29) is 0 Å². The Morgan fingerprint density at radius 2 is 1.95 bits per heavy atom. The van der Waals surface area contributed by atoms with Gasteiger partial charge in [0.25, 0.3) is 0 Å². The number of hydrogen-bond donors (Lipinski definition) is 1. The zero-order valence-electron chi connectivity index (χ0n) is 12.1. The van der Waals surface area contributed by atoms with Gasteiger partial charge in [0.05, 0.1) is 6.61 Å². The van der Waals surface area contributed by atoms with Gasteiger partial charge >= 0.3 is 0 Å². The third kappa shape index (κ3) is 5.10. The first-order valence-electron chi connectivity index (χ1n) is 6.48. The van der Waals surface area contributed by atoms with Crippen LogP contribution in [0.1, 0.15) is 17.7 Å². The Hall–Kier alpha value is -1.24. The van der Waals surface area contributed by atoms with Crippen LogP contribution in [-0.4, -0.2) is 50.5 Å². The minimum atomic E-state index is 0.466. The van der Waals surface area contributed by atoms with Crippen LogP contribution >= 0.6 is 0 Å². The van der Waals surface area contributed by atoms with E-state index in [9.17, 15) is 0 Å². The second-order valence-corrected chi connectivity index (χ2v) is 4.31. The maximum Gasteiger partial charge on any atom is 0.225 e. The second-order valence-electron chi connectivity index (χ2n) is 4.31. The molecule has 0 spiro atoms. The molecule has 0 radical (unpaired) electrons. The van der Waals surface area contributed by atoms with Crippen LogP contribution in [0.3, 0.4) is 0 Å². The lowest BCUT2D eigenvalue weighted by atomic mass is 10.2. The lowest BCUT2D eigenvalue weighted by Gasteiger charge is -2.22. The fourth-order valence-electron chi connectivity index (χ4n) is 1.75. The van der Waals surface area contributed by atoms with Crippen LogP contribution in [0.5, 0.6) is 0 Å². The molecular weight excluding hydrogens is 244 g/mol. The van der Waals surface area contributed by atoms with E-state index < -0.39 is 0 Å². The predicted octanol–water partition coefficient (Wildman–Crippen LogP) is 0.733. The van der Waals surface area contributed by atoms with E-state index >= 15 is 0 Å². The van der Waals surface area contributed by atoms with Crippen molar-refractivity contribution in [2.75, 3.05) is 45.4 Å². The Morgan fingerprint density at radius 3 is 2.53 bits per heavy atom. The molecule has 0 saturated heterocycles. The molecule has 0 amide bonds. The molecule has 1 aromatic rings. The SMILES string of the molecule is COCCCN(CCOC)c1ncc(CN)c(C)n1. The molecule has 0 fully saturated rings. The van der Waals surface area contributed by atoms with Crippen molar-refractivity contribution in [1.29, 1.82) is 0 Å². The summed E-state index contributed by atoms with van der Waals surface area (Å²) >= 11 is 0. The van der Waals surface area contributed by atoms with Crippen LogP contribution < -0.4 is 10.6 Å². The van der Waals surface area contributed by atoms with E-state index in [1.165, 1.54) is 0 Å². The summed E-state index contributed by atoms with van der Waals surface area (Å²) in [7, 11) is 3.40. The van der Waals surface area contributed by atoms with E-state index in [1.807, 2.05) is 6.92 Å². The van der Waals surface area contributed by atoms with Gasteiger partial charge in [0.15, 0.2) is 0 Å². The van der Waals surface area contributed by atoms with Crippen LogP contribution in [0.15, 0.2) is 6.20 Å². The number of aryl methyl sites for hydroxylation is 1. The summed E-state index contributed by atoms with van der Waals surface area (Å²) in [5.41, 5.74) is 7.54. The molecule has 0 unspecified atom stereocenters. The third-order valence-electron chi connectivity index (χ3n) is 2.91. The summed E-state index contributed by atoms with van der Waals surface area (Å²) in [5.74, 6) is 0.725. The first-order chi connectivity index (χ1) is 9.22. The highest BCUT2D eigenvalue weighted by molar-refractivity contribution is 5.32. The molecule has 0 atom stereocenters. The minimum Gasteiger partial charge on any atom is -0.385 e. The Morgan fingerprint density at radius 1 is 1.21 bits per heavy atom. The van der Waals surface area contributed by atoms with Gasteiger partial charge in [0, 0.05) is 57.9 Å². The normalized spacial score (nSPS) is 10.7. The number of nitrogens with zero attached hydrogens (tertiary/aromatic N) is 3. The van der Waals surface area contributed by atoms with E-state index in [4.69, 9.17) is 15.2 Å². The number of hydrogen-bond acceptors (Lipinski definition) is 6. The van der Waals surface area contributed by atoms with Crippen LogP contribution in [0.2, 0.25) is 0 Å². The molecule has 0 aromatic carbocycles. The molecule has 1 rings (SSSR count). The molecule has 6 nitrogen and oxygen atoms in total. The van der Waals surface area contributed by atoms with Crippen molar-refractivity contribution < 1.29 is 9.47 Å². The Labute approximate surface area is 114 Å². The lowest BCUT2D eigenvalue weighted by molar-refractivity contribution is 0.190. The Balaban J connectivity index is 2.74. The highest BCUT2D eigenvalue weighted by Gasteiger charge is 2.10. The minimum absolute atomic E-state index is 0.466. The van der Waals surface area contributed by atoms with Crippen molar-refractivity contribution in [1.82, 2.24) is 9.97 Å². The highest BCUT2D eigenvalue weighted by Crippen LogP contribution is 2.11. The molecule has 108 valence electrons. The first kappa shape index (κ1) is 15.8. The van der Waals surface area contributed by atoms with E-state index in [0.717, 1.165) is 43.3 Å². The molecule has 19 heavy (non-hydrogen) atoms. The fraction of sp³-hybridized carbons (Fsp3) is 0.692. The topological polar surface area (TPSA) is 73.5 Å². The monoisotopic (exact) mass is 268 g/mol. The van der Waals surface area contributed by atoms with Gasteiger partial charge in [0.1, 0.15) is 0 Å². The number of nitrogens with two attached hydrogens (primary N) is 1. The largest absolute Gasteiger partial charge is 0.385 e. The van der Waals surface area contributed by atoms with Crippen molar-refractivity contribution in [3.8, 4) is 0 Å². The molecule has 0 aliphatic carbocycles. The molecule has 0 aliphatic heterocycles. The van der Waals surface area contributed by atoms with E-state index in [0.29, 0.717) is 13.2 Å². The predicted molar refractivity (Wildman–Crippen MR) is 75.2 cm³/mol. The smallest absolute Gasteiger partial charge is 0.225 e. The van der Waals surface area contributed by atoms with Crippen molar-refractivity contribution in [3.63, 3.8) is 0 Å². The van der Waals surface area contributed by atoms with Crippen molar-refractivity contribution in [2.24, 2.45) is 5.73 Å². The van der Waals surface area contributed by atoms with Crippen LogP contribution in [0.4, 0.5) is 5.95 Å². The van der Waals surface area contributed by atoms with Gasteiger partial charge in [-0.3, -0.25) is 0 Å². The van der Waals surface area contributed by atoms with Crippen molar-refractivity contribution in [2.45, 2.75) is 19.9 Å². The average Bonchev–Trinajstić information content (AvgIpc) is 2.42. The first-order valence-corrected chi connectivity index (χ1v) is 6.48. The van der Waals surface area contributed by atoms with E-state index in [1.54, 1.807) is 20.4 Å². The van der Waals surface area contributed by atoms with Crippen molar-refractivity contribution in [3.05, 3.63) is 17.5 Å². The fourth-order valence-corrected chi connectivity index (χ4v) is 1.75. The molecule has 0 saturated carbocycles. The number of anilines is 1. The number of ether oxygens (including phenoxy) is 2. The van der Waals surface area contributed by atoms with E-state index in [2.05, 4.69) is 14.9 Å². The van der Waals surface area contributed by atoms with Gasteiger partial charge in [-0.2, -0.15) is 0 Å². The zero-order valence-corrected chi connectivity index (χ0v) is 12.1. The summed E-state index contributed by atoms with van der Waals surface area (Å²) in [5, 5.41) is 0. The standard InChI is InChI=1S/C13H24N4O2/c1-11-12(9-14)10-15-13(16-11)17(6-8-19-3)5-4-7-18-2/h10H,4-9,14H2,1-3H3. The number of methoxy groups -OCH3 is 2.